The third-order valence-electron chi connectivity index (χ3n) is 1.08. The summed E-state index contributed by atoms with van der Waals surface area (Å²) >= 11 is 0. The van der Waals surface area contributed by atoms with E-state index in [-0.39, 0.29) is 0 Å². The van der Waals surface area contributed by atoms with Crippen molar-refractivity contribution in [2.24, 2.45) is 0 Å². The Morgan fingerprint density at radius 3 is 2.42 bits per heavy atom. The molecule has 0 spiro atoms. The summed E-state index contributed by atoms with van der Waals surface area (Å²) in [7, 11) is 0. The molecule has 0 saturated carbocycles. The monoisotopic (exact) mass is 184 g/mol. The van der Waals surface area contributed by atoms with Crippen LogP contribution in [0.1, 0.15) is 11.9 Å². The lowest BCUT2D eigenvalue weighted by Crippen LogP contribution is -2.15. The molecule has 1 heterocycles. The third kappa shape index (κ3) is 1.66. The van der Waals surface area contributed by atoms with E-state index >= 15 is 0 Å². The Morgan fingerprint density at radius 1 is 1.50 bits per heavy atom. The first-order valence-electron chi connectivity index (χ1n) is 2.83. The lowest BCUT2D eigenvalue weighted by molar-refractivity contribution is -0.187. The first-order chi connectivity index (χ1) is 5.41. The van der Waals surface area contributed by atoms with Crippen molar-refractivity contribution in [3.8, 4) is 0 Å². The van der Waals surface area contributed by atoms with E-state index in [1.165, 1.54) is 0 Å². The van der Waals surface area contributed by atoms with Gasteiger partial charge in [0.15, 0.2) is 5.76 Å². The molecule has 0 saturated heterocycles. The first kappa shape index (κ1) is 8.82. The van der Waals surface area contributed by atoms with Crippen LogP contribution in [0.25, 0.3) is 0 Å². The van der Waals surface area contributed by atoms with Crippen LogP contribution in [0.5, 0.6) is 0 Å². The Hall–Kier alpha value is -1.27. The van der Waals surface area contributed by atoms with Crippen LogP contribution in [0.15, 0.2) is 10.6 Å². The topological polar surface area (TPSA) is 52.0 Å². The first-order valence-corrected chi connectivity index (χ1v) is 2.83. The second kappa shape index (κ2) is 2.65. The Bertz CT molecular complexity index is 269. The number of anilines is 1. The smallest absolute Gasteiger partial charge is 0.425 e. The van der Waals surface area contributed by atoms with Gasteiger partial charge in [0.25, 0.3) is 12.2 Å². The van der Waals surface area contributed by atoms with Crippen LogP contribution in [0, 0.1) is 0 Å². The Kier molecular flexibility index (Phi) is 1.95. The van der Waals surface area contributed by atoms with E-state index in [1.807, 2.05) is 0 Å². The highest BCUT2D eigenvalue weighted by molar-refractivity contribution is 5.13. The molecule has 68 valence electrons. The molecule has 0 aliphatic carbocycles. The highest BCUT2D eigenvalue weighted by atomic mass is 19.4. The molecule has 0 radical (unpaired) electrons. The zero-order chi connectivity index (χ0) is 9.35. The molecule has 2 N–H and O–H groups in total. The lowest BCUT2D eigenvalue weighted by atomic mass is 10.3. The molecule has 12 heavy (non-hydrogen) atoms. The standard InChI is InChI=1S/C5H4F4N2O/c6-3(5(7,8)9)2-1-11-4(10)12-2/h1,3H,(H2,10,11). The van der Waals surface area contributed by atoms with Gasteiger partial charge in [-0.1, -0.05) is 0 Å². The molecule has 3 nitrogen and oxygen atoms in total. The molecule has 0 aromatic carbocycles. The van der Waals surface area contributed by atoms with Crippen molar-refractivity contribution in [1.82, 2.24) is 4.98 Å². The Balaban J connectivity index is 2.85. The molecule has 1 aromatic heterocycles. The predicted octanol–water partition coefficient (Wildman–Crippen LogP) is 1.83. The number of halogens is 4. The Morgan fingerprint density at radius 2 is 2.08 bits per heavy atom. The molecule has 0 bridgehead atoms. The molecule has 0 fully saturated rings. The summed E-state index contributed by atoms with van der Waals surface area (Å²) in [5.41, 5.74) is 4.85. The summed E-state index contributed by atoms with van der Waals surface area (Å²) in [6.07, 6.45) is -7.54. The highest BCUT2D eigenvalue weighted by Crippen LogP contribution is 2.36. The minimum absolute atomic E-state index is 0.489. The van der Waals surface area contributed by atoms with Crippen LogP contribution in [0.3, 0.4) is 0 Å². The van der Waals surface area contributed by atoms with Crippen LogP contribution >= 0.6 is 0 Å². The zero-order valence-electron chi connectivity index (χ0n) is 5.60. The third-order valence-corrected chi connectivity index (χ3v) is 1.08. The molecular weight excluding hydrogens is 180 g/mol. The maximum Gasteiger partial charge on any atom is 0.427 e. The van der Waals surface area contributed by atoms with Crippen LogP contribution in [-0.2, 0) is 0 Å². The summed E-state index contributed by atoms with van der Waals surface area (Å²) < 4.78 is 51.4. The molecule has 1 unspecified atom stereocenters. The van der Waals surface area contributed by atoms with Crippen molar-refractivity contribution in [3.63, 3.8) is 0 Å². The van der Waals surface area contributed by atoms with E-state index in [0.717, 1.165) is 0 Å². The van der Waals surface area contributed by atoms with Gasteiger partial charge in [0.05, 0.1) is 6.20 Å². The summed E-state index contributed by atoms with van der Waals surface area (Å²) in [5.74, 6) is -0.931. The fraction of sp³-hybridized carbons (Fsp3) is 0.400. The van der Waals surface area contributed by atoms with Gasteiger partial charge in [0.1, 0.15) is 0 Å². The quantitative estimate of drug-likeness (QED) is 0.677. The lowest BCUT2D eigenvalue weighted by Gasteiger charge is -2.07. The van der Waals surface area contributed by atoms with Gasteiger partial charge in [-0.05, 0) is 0 Å². The van der Waals surface area contributed by atoms with Crippen LogP contribution in [-0.4, -0.2) is 11.2 Å². The molecular formula is C5H4F4N2O. The summed E-state index contributed by atoms with van der Waals surface area (Å²) in [6, 6.07) is -0.489. The van der Waals surface area contributed by atoms with Crippen LogP contribution in [0.4, 0.5) is 23.6 Å². The van der Waals surface area contributed by atoms with E-state index in [0.29, 0.717) is 6.20 Å². The maximum atomic E-state index is 12.3. The van der Waals surface area contributed by atoms with E-state index < -0.39 is 24.1 Å². The normalized spacial score (nSPS) is 14.7. The Labute approximate surface area is 64.2 Å². The summed E-state index contributed by atoms with van der Waals surface area (Å²) in [5, 5.41) is 0. The van der Waals surface area contributed by atoms with Gasteiger partial charge in [-0.3, -0.25) is 0 Å². The number of aromatic nitrogens is 1. The maximum absolute atomic E-state index is 12.3. The fourth-order valence-corrected chi connectivity index (χ4v) is 0.579. The van der Waals surface area contributed by atoms with Crippen molar-refractivity contribution in [3.05, 3.63) is 12.0 Å². The minimum Gasteiger partial charge on any atom is -0.425 e. The van der Waals surface area contributed by atoms with Crippen molar-refractivity contribution in [1.29, 1.82) is 0 Å². The second-order valence-electron chi connectivity index (χ2n) is 2.01. The zero-order valence-corrected chi connectivity index (χ0v) is 5.60. The number of rotatable bonds is 1. The molecule has 1 aromatic rings. The average molecular weight is 184 g/mol. The van der Waals surface area contributed by atoms with Crippen molar-refractivity contribution in [2.45, 2.75) is 12.3 Å². The number of alkyl halides is 4. The minimum atomic E-state index is -4.98. The summed E-state index contributed by atoms with van der Waals surface area (Å²) in [4.78, 5) is 3.12. The van der Waals surface area contributed by atoms with Gasteiger partial charge in [-0.25, -0.2) is 9.37 Å². The van der Waals surface area contributed by atoms with Gasteiger partial charge in [0.2, 0.25) is 0 Å². The molecule has 1 rings (SSSR count). The fourth-order valence-electron chi connectivity index (χ4n) is 0.579. The van der Waals surface area contributed by atoms with Crippen molar-refractivity contribution < 1.29 is 22.0 Å². The largest absolute Gasteiger partial charge is 0.427 e. The number of hydrogen-bond acceptors (Lipinski definition) is 3. The van der Waals surface area contributed by atoms with Gasteiger partial charge < -0.3 is 10.2 Å². The predicted molar refractivity (Wildman–Crippen MR) is 30.8 cm³/mol. The molecule has 0 aliphatic rings. The molecule has 0 aliphatic heterocycles. The van der Waals surface area contributed by atoms with Gasteiger partial charge in [-0.15, -0.1) is 0 Å². The van der Waals surface area contributed by atoms with E-state index in [4.69, 9.17) is 5.73 Å². The van der Waals surface area contributed by atoms with Crippen molar-refractivity contribution in [2.75, 3.05) is 5.73 Å². The molecule has 1 atom stereocenters. The average Bonchev–Trinajstić information content (AvgIpc) is 2.32. The number of nitrogens with two attached hydrogens (primary N) is 1. The van der Waals surface area contributed by atoms with Crippen molar-refractivity contribution >= 4 is 6.01 Å². The molecule has 7 heteroatoms. The van der Waals surface area contributed by atoms with E-state index in [1.54, 1.807) is 0 Å². The number of nitrogens with zero attached hydrogens (tertiary/aromatic N) is 1. The molecule has 0 amide bonds. The van der Waals surface area contributed by atoms with Gasteiger partial charge in [-0.2, -0.15) is 13.2 Å². The van der Waals surface area contributed by atoms with Gasteiger partial charge in [0, 0.05) is 0 Å². The summed E-state index contributed by atoms with van der Waals surface area (Å²) in [6.45, 7) is 0. The number of oxazole rings is 1. The SMILES string of the molecule is Nc1ncc(C(F)C(F)(F)F)o1. The number of hydrogen-bond donors (Lipinski definition) is 1. The van der Waals surface area contributed by atoms with Crippen LogP contribution in [0.2, 0.25) is 0 Å². The highest BCUT2D eigenvalue weighted by Gasteiger charge is 2.43. The second-order valence-corrected chi connectivity index (χ2v) is 2.01. The van der Waals surface area contributed by atoms with Gasteiger partial charge >= 0.3 is 6.18 Å². The number of nitrogen functional groups attached to an aromatic ring is 1. The van der Waals surface area contributed by atoms with Crippen LogP contribution < -0.4 is 5.73 Å². The van der Waals surface area contributed by atoms with E-state index in [9.17, 15) is 17.6 Å². The van der Waals surface area contributed by atoms with E-state index in [2.05, 4.69) is 9.40 Å².